The Labute approximate surface area is 121 Å². The number of anilines is 2. The average molecular weight is 278 g/mol. The van der Waals surface area contributed by atoms with Crippen LogP contribution in [0, 0.1) is 0 Å². The lowest BCUT2D eigenvalue weighted by atomic mass is 10.2. The number of aromatic nitrogens is 3. The van der Waals surface area contributed by atoms with Crippen molar-refractivity contribution >= 4 is 23.0 Å². The minimum absolute atomic E-state index is 0.742. The van der Waals surface area contributed by atoms with Gasteiger partial charge in [-0.05, 0) is 24.3 Å². The maximum Gasteiger partial charge on any atom is 0.180 e. The highest BCUT2D eigenvalue weighted by atomic mass is 15.1. The molecule has 4 rings (SSSR count). The van der Waals surface area contributed by atoms with Crippen LogP contribution in [0.15, 0.2) is 54.0 Å². The Morgan fingerprint density at radius 2 is 1.86 bits per heavy atom. The second kappa shape index (κ2) is 4.90. The Kier molecular flexibility index (Phi) is 2.77. The summed E-state index contributed by atoms with van der Waals surface area (Å²) >= 11 is 0. The lowest BCUT2D eigenvalue weighted by Crippen LogP contribution is -2.19. The molecule has 1 aliphatic rings. The minimum atomic E-state index is 0.742. The number of rotatable bonds is 3. The molecule has 6 heteroatoms. The summed E-state index contributed by atoms with van der Waals surface area (Å²) in [6, 6.07) is 8.13. The lowest BCUT2D eigenvalue weighted by molar-refractivity contribution is 0.960. The molecule has 0 atom stereocenters. The maximum atomic E-state index is 4.41. The molecule has 0 aliphatic carbocycles. The number of aliphatic imine (C=N–C) groups is 1. The Bertz CT molecular complexity index is 802. The van der Waals surface area contributed by atoms with Gasteiger partial charge in [0.05, 0.1) is 6.54 Å². The molecule has 0 saturated carbocycles. The normalized spacial score (nSPS) is 14.0. The molecule has 1 aromatic carbocycles. The van der Waals surface area contributed by atoms with Crippen molar-refractivity contribution in [3.05, 3.63) is 54.6 Å². The molecule has 0 spiro atoms. The van der Waals surface area contributed by atoms with Gasteiger partial charge in [0, 0.05) is 42.6 Å². The standard InChI is InChI=1S/C15H14N6/c1-3-12(4-2-11(1)13-16-5-6-17-13)20-14-15-19-8-10-21(15)9-7-18-14/h1-4,7-10H,5-6H2,(H,16,17)(H,18,20). The Balaban J connectivity index is 1.61. The van der Waals surface area contributed by atoms with Gasteiger partial charge in [-0.15, -0.1) is 0 Å². The minimum Gasteiger partial charge on any atom is -0.368 e. The average Bonchev–Trinajstić information content (AvgIpc) is 3.20. The van der Waals surface area contributed by atoms with E-state index in [0.29, 0.717) is 0 Å². The fourth-order valence-corrected chi connectivity index (χ4v) is 2.38. The van der Waals surface area contributed by atoms with Crippen molar-refractivity contribution in [2.75, 3.05) is 18.4 Å². The third-order valence-electron chi connectivity index (χ3n) is 3.41. The first kappa shape index (κ1) is 11.9. The molecule has 0 unspecified atom stereocenters. The van der Waals surface area contributed by atoms with E-state index in [2.05, 4.69) is 25.6 Å². The predicted octanol–water partition coefficient (Wildman–Crippen LogP) is 1.82. The van der Waals surface area contributed by atoms with Gasteiger partial charge < -0.3 is 15.0 Å². The topological polar surface area (TPSA) is 66.6 Å². The van der Waals surface area contributed by atoms with E-state index >= 15 is 0 Å². The summed E-state index contributed by atoms with van der Waals surface area (Å²) in [5, 5.41) is 6.56. The van der Waals surface area contributed by atoms with Gasteiger partial charge >= 0.3 is 0 Å². The fourth-order valence-electron chi connectivity index (χ4n) is 2.38. The summed E-state index contributed by atoms with van der Waals surface area (Å²) in [6.07, 6.45) is 7.29. The largest absolute Gasteiger partial charge is 0.368 e. The van der Waals surface area contributed by atoms with Gasteiger partial charge in [0.15, 0.2) is 11.5 Å². The predicted molar refractivity (Wildman–Crippen MR) is 82.1 cm³/mol. The highest BCUT2D eigenvalue weighted by Gasteiger charge is 2.08. The summed E-state index contributed by atoms with van der Waals surface area (Å²) < 4.78 is 1.93. The first-order valence-electron chi connectivity index (χ1n) is 6.84. The van der Waals surface area contributed by atoms with E-state index in [1.807, 2.05) is 41.1 Å². The molecule has 3 heterocycles. The van der Waals surface area contributed by atoms with Crippen molar-refractivity contribution in [3.8, 4) is 0 Å². The second-order valence-electron chi connectivity index (χ2n) is 4.79. The zero-order valence-corrected chi connectivity index (χ0v) is 11.3. The molecule has 0 saturated heterocycles. The van der Waals surface area contributed by atoms with Crippen molar-refractivity contribution in [1.82, 2.24) is 19.7 Å². The van der Waals surface area contributed by atoms with Gasteiger partial charge in [-0.25, -0.2) is 9.97 Å². The van der Waals surface area contributed by atoms with E-state index in [1.54, 1.807) is 12.4 Å². The molecule has 21 heavy (non-hydrogen) atoms. The number of hydrogen-bond acceptors (Lipinski definition) is 5. The third-order valence-corrected chi connectivity index (χ3v) is 3.41. The third kappa shape index (κ3) is 2.20. The van der Waals surface area contributed by atoms with Gasteiger partial charge in [-0.3, -0.25) is 4.99 Å². The molecule has 0 fully saturated rings. The summed E-state index contributed by atoms with van der Waals surface area (Å²) in [4.78, 5) is 13.1. The number of amidine groups is 1. The van der Waals surface area contributed by atoms with Gasteiger partial charge in [-0.2, -0.15) is 0 Å². The van der Waals surface area contributed by atoms with E-state index in [9.17, 15) is 0 Å². The number of fused-ring (bicyclic) bond motifs is 1. The molecule has 2 aromatic heterocycles. The number of hydrogen-bond donors (Lipinski definition) is 2. The van der Waals surface area contributed by atoms with E-state index in [-0.39, 0.29) is 0 Å². The molecule has 3 aromatic rings. The SMILES string of the molecule is c1cn2ccnc2c(Nc2ccc(C3=NCCN3)cc2)n1. The Morgan fingerprint density at radius 1 is 1.05 bits per heavy atom. The van der Waals surface area contributed by atoms with Crippen LogP contribution in [0.5, 0.6) is 0 Å². The molecule has 6 nitrogen and oxygen atoms in total. The van der Waals surface area contributed by atoms with Gasteiger partial charge in [-0.1, -0.05) is 0 Å². The monoisotopic (exact) mass is 278 g/mol. The van der Waals surface area contributed by atoms with Crippen molar-refractivity contribution in [2.45, 2.75) is 0 Å². The summed E-state index contributed by atoms with van der Waals surface area (Å²) in [5.74, 6) is 1.71. The van der Waals surface area contributed by atoms with E-state index < -0.39 is 0 Å². The summed E-state index contributed by atoms with van der Waals surface area (Å²) in [7, 11) is 0. The molecular formula is C15H14N6. The Hall–Kier alpha value is -2.89. The molecule has 0 radical (unpaired) electrons. The van der Waals surface area contributed by atoms with E-state index in [4.69, 9.17) is 0 Å². The van der Waals surface area contributed by atoms with E-state index in [0.717, 1.165) is 41.6 Å². The van der Waals surface area contributed by atoms with Crippen LogP contribution in [0.25, 0.3) is 5.65 Å². The highest BCUT2D eigenvalue weighted by molar-refractivity contribution is 6.00. The summed E-state index contributed by atoms with van der Waals surface area (Å²) in [5.41, 5.74) is 2.88. The molecule has 104 valence electrons. The van der Waals surface area contributed by atoms with Gasteiger partial charge in [0.1, 0.15) is 5.84 Å². The molecule has 0 amide bonds. The number of nitrogens with zero attached hydrogens (tertiary/aromatic N) is 4. The number of benzene rings is 1. The number of imidazole rings is 1. The van der Waals surface area contributed by atoms with Crippen LogP contribution in [0.2, 0.25) is 0 Å². The van der Waals surface area contributed by atoms with Crippen LogP contribution in [-0.4, -0.2) is 33.3 Å². The quantitative estimate of drug-likeness (QED) is 0.767. The first-order valence-corrected chi connectivity index (χ1v) is 6.84. The zero-order chi connectivity index (χ0) is 14.1. The lowest BCUT2D eigenvalue weighted by Gasteiger charge is -2.08. The van der Waals surface area contributed by atoms with E-state index in [1.165, 1.54) is 0 Å². The second-order valence-corrected chi connectivity index (χ2v) is 4.79. The highest BCUT2D eigenvalue weighted by Crippen LogP contribution is 2.19. The van der Waals surface area contributed by atoms with Crippen molar-refractivity contribution < 1.29 is 0 Å². The maximum absolute atomic E-state index is 4.41. The summed E-state index contributed by atoms with van der Waals surface area (Å²) in [6.45, 7) is 1.77. The molecule has 2 N–H and O–H groups in total. The molecular weight excluding hydrogens is 264 g/mol. The number of nitrogens with one attached hydrogen (secondary N) is 2. The fraction of sp³-hybridized carbons (Fsp3) is 0.133. The van der Waals surface area contributed by atoms with Crippen LogP contribution < -0.4 is 10.6 Å². The van der Waals surface area contributed by atoms with Crippen molar-refractivity contribution in [1.29, 1.82) is 0 Å². The van der Waals surface area contributed by atoms with Crippen LogP contribution in [0.3, 0.4) is 0 Å². The molecule has 0 bridgehead atoms. The van der Waals surface area contributed by atoms with Crippen LogP contribution >= 0.6 is 0 Å². The Morgan fingerprint density at radius 3 is 2.62 bits per heavy atom. The van der Waals surface area contributed by atoms with Gasteiger partial charge in [0.25, 0.3) is 0 Å². The first-order chi connectivity index (χ1) is 10.4. The van der Waals surface area contributed by atoms with Crippen LogP contribution in [0.1, 0.15) is 5.56 Å². The van der Waals surface area contributed by atoms with Crippen LogP contribution in [-0.2, 0) is 0 Å². The van der Waals surface area contributed by atoms with Gasteiger partial charge in [0.2, 0.25) is 0 Å². The van der Waals surface area contributed by atoms with Crippen LogP contribution in [0.4, 0.5) is 11.5 Å². The van der Waals surface area contributed by atoms with Crippen molar-refractivity contribution in [3.63, 3.8) is 0 Å². The zero-order valence-electron chi connectivity index (χ0n) is 11.3. The smallest absolute Gasteiger partial charge is 0.180 e. The molecule has 1 aliphatic heterocycles. The van der Waals surface area contributed by atoms with Crippen molar-refractivity contribution in [2.24, 2.45) is 4.99 Å².